The second-order valence-electron chi connectivity index (χ2n) is 4.40. The van der Waals surface area contributed by atoms with Crippen LogP contribution < -0.4 is 4.90 Å². The number of anilines is 1. The van der Waals surface area contributed by atoms with E-state index in [9.17, 15) is 0 Å². The van der Waals surface area contributed by atoms with Crippen molar-refractivity contribution in [3.05, 3.63) is 36.4 Å². The number of rotatable bonds is 0. The Hall–Kier alpha value is -0.980. The minimum Gasteiger partial charge on any atom is -0.369 e. The molecule has 13 heavy (non-hydrogen) atoms. The lowest BCUT2D eigenvalue weighted by molar-refractivity contribution is 0.494. The first-order chi connectivity index (χ1) is 6.11. The van der Waals surface area contributed by atoms with Gasteiger partial charge in [-0.15, -0.1) is 0 Å². The summed E-state index contributed by atoms with van der Waals surface area (Å²) in [5, 5.41) is 0. The van der Waals surface area contributed by atoms with E-state index in [1.54, 1.807) is 0 Å². The molecular weight excluding hydrogens is 158 g/mol. The molecule has 0 N–H and O–H groups in total. The predicted octanol–water partition coefficient (Wildman–Crippen LogP) is 2.97. The molecule has 2 rings (SSSR count). The van der Waals surface area contributed by atoms with Crippen molar-refractivity contribution in [2.45, 2.75) is 25.7 Å². The molecule has 0 aliphatic carbocycles. The lowest BCUT2D eigenvalue weighted by Crippen LogP contribution is -2.31. The van der Waals surface area contributed by atoms with Crippen LogP contribution in [0.5, 0.6) is 0 Å². The van der Waals surface area contributed by atoms with Crippen molar-refractivity contribution in [3.8, 4) is 0 Å². The van der Waals surface area contributed by atoms with Gasteiger partial charge >= 0.3 is 0 Å². The minimum atomic E-state index is 0.295. The first-order valence-electron chi connectivity index (χ1n) is 4.77. The lowest BCUT2D eigenvalue weighted by atomic mass is 9.78. The second-order valence-corrected chi connectivity index (χ2v) is 4.40. The van der Waals surface area contributed by atoms with Gasteiger partial charge in [0.25, 0.3) is 0 Å². The van der Waals surface area contributed by atoms with Crippen LogP contribution in [-0.2, 0) is 5.41 Å². The van der Waals surface area contributed by atoms with Crippen molar-refractivity contribution in [2.24, 2.45) is 0 Å². The Bertz CT molecular complexity index is 315. The Labute approximate surface area is 80.4 Å². The maximum Gasteiger partial charge on any atom is 0.0498 e. The average molecular weight is 174 g/mol. The van der Waals surface area contributed by atoms with Gasteiger partial charge in [0.15, 0.2) is 0 Å². The van der Waals surface area contributed by atoms with Gasteiger partial charge in [0.1, 0.15) is 0 Å². The summed E-state index contributed by atoms with van der Waals surface area (Å²) in [5.41, 5.74) is 3.10. The molecule has 1 aromatic rings. The predicted molar refractivity (Wildman–Crippen MR) is 56.8 cm³/mol. The van der Waals surface area contributed by atoms with Gasteiger partial charge in [0.05, 0.1) is 0 Å². The average Bonchev–Trinajstić information content (AvgIpc) is 2.13. The number of benzene rings is 1. The van der Waals surface area contributed by atoms with Gasteiger partial charge in [-0.3, -0.25) is 0 Å². The molecule has 0 atom stereocenters. The molecule has 0 bridgehead atoms. The summed E-state index contributed by atoms with van der Waals surface area (Å²) in [4.78, 5) is 2.22. The number of hydrogen-bond donors (Lipinski definition) is 0. The van der Waals surface area contributed by atoms with Crippen molar-refractivity contribution >= 4 is 5.69 Å². The van der Waals surface area contributed by atoms with Crippen LogP contribution in [0.15, 0.2) is 24.3 Å². The Balaban J connectivity index is 2.55. The highest BCUT2D eigenvalue weighted by atomic mass is 15.1. The van der Waals surface area contributed by atoms with Crippen LogP contribution in [0.25, 0.3) is 0 Å². The highest BCUT2D eigenvalue weighted by Crippen LogP contribution is 2.39. The molecule has 1 aliphatic rings. The molecule has 1 heteroatoms. The zero-order chi connectivity index (χ0) is 9.47. The van der Waals surface area contributed by atoms with E-state index < -0.39 is 0 Å². The molecule has 0 fully saturated rings. The van der Waals surface area contributed by atoms with Crippen LogP contribution in [0.1, 0.15) is 25.8 Å². The quantitative estimate of drug-likeness (QED) is 0.584. The fourth-order valence-corrected chi connectivity index (χ4v) is 1.93. The number of para-hydroxylation sites is 1. The topological polar surface area (TPSA) is 3.24 Å². The van der Waals surface area contributed by atoms with E-state index in [1.165, 1.54) is 11.3 Å². The number of fused-ring (bicyclic) bond motifs is 1. The van der Waals surface area contributed by atoms with Crippen molar-refractivity contribution in [2.75, 3.05) is 11.9 Å². The van der Waals surface area contributed by atoms with E-state index >= 15 is 0 Å². The van der Waals surface area contributed by atoms with E-state index in [-0.39, 0.29) is 0 Å². The summed E-state index contributed by atoms with van der Waals surface area (Å²) in [6, 6.07) is 8.65. The molecule has 1 aromatic carbocycles. The van der Waals surface area contributed by atoms with Crippen molar-refractivity contribution < 1.29 is 0 Å². The third-order valence-corrected chi connectivity index (χ3v) is 2.89. The Morgan fingerprint density at radius 1 is 1.23 bits per heavy atom. The van der Waals surface area contributed by atoms with E-state index in [0.29, 0.717) is 5.41 Å². The number of hydrogen-bond acceptors (Lipinski definition) is 1. The highest BCUT2D eigenvalue weighted by molar-refractivity contribution is 5.59. The van der Waals surface area contributed by atoms with Crippen LogP contribution in [0.2, 0.25) is 0 Å². The molecule has 0 saturated heterocycles. The molecule has 0 spiro atoms. The lowest BCUT2D eigenvalue weighted by Gasteiger charge is -2.37. The van der Waals surface area contributed by atoms with Crippen LogP contribution in [0.3, 0.4) is 0 Å². The SMILES string of the molecule is CN1[CH]CC(C)(C)c2ccccc21. The summed E-state index contributed by atoms with van der Waals surface area (Å²) < 4.78 is 0. The van der Waals surface area contributed by atoms with Gasteiger partial charge < -0.3 is 4.90 Å². The largest absolute Gasteiger partial charge is 0.369 e. The van der Waals surface area contributed by atoms with E-state index in [1.807, 2.05) is 0 Å². The van der Waals surface area contributed by atoms with Crippen molar-refractivity contribution in [1.82, 2.24) is 0 Å². The standard InChI is InChI=1S/C12H16N/c1-12(2)8-9-13(3)11-7-5-4-6-10(11)12/h4-7,9H,8H2,1-3H3. The van der Waals surface area contributed by atoms with Crippen molar-refractivity contribution in [1.29, 1.82) is 0 Å². The minimum absolute atomic E-state index is 0.295. The normalized spacial score (nSPS) is 19.8. The summed E-state index contributed by atoms with van der Waals surface area (Å²) in [6.07, 6.45) is 1.13. The third kappa shape index (κ3) is 1.32. The van der Waals surface area contributed by atoms with Gasteiger partial charge in [-0.2, -0.15) is 0 Å². The van der Waals surface area contributed by atoms with Gasteiger partial charge in [0.2, 0.25) is 0 Å². The zero-order valence-electron chi connectivity index (χ0n) is 8.54. The molecule has 1 nitrogen and oxygen atoms in total. The summed E-state index contributed by atoms with van der Waals surface area (Å²) in [7, 11) is 2.12. The summed E-state index contributed by atoms with van der Waals surface area (Å²) in [5.74, 6) is 0. The van der Waals surface area contributed by atoms with Gasteiger partial charge in [0, 0.05) is 19.3 Å². The van der Waals surface area contributed by atoms with E-state index in [0.717, 1.165) is 6.42 Å². The first-order valence-corrected chi connectivity index (χ1v) is 4.77. The molecule has 1 heterocycles. The van der Waals surface area contributed by atoms with E-state index in [2.05, 4.69) is 56.6 Å². The molecule has 0 saturated carbocycles. The van der Waals surface area contributed by atoms with Gasteiger partial charge in [-0.25, -0.2) is 0 Å². The second kappa shape index (κ2) is 2.76. The Morgan fingerprint density at radius 2 is 1.92 bits per heavy atom. The molecule has 0 unspecified atom stereocenters. The Morgan fingerprint density at radius 3 is 2.62 bits per heavy atom. The van der Waals surface area contributed by atoms with Crippen LogP contribution >= 0.6 is 0 Å². The summed E-state index contributed by atoms with van der Waals surface area (Å²) in [6.45, 7) is 6.87. The van der Waals surface area contributed by atoms with Crippen LogP contribution in [0.4, 0.5) is 5.69 Å². The first kappa shape index (κ1) is 8.61. The smallest absolute Gasteiger partial charge is 0.0498 e. The zero-order valence-corrected chi connectivity index (χ0v) is 8.54. The van der Waals surface area contributed by atoms with Crippen LogP contribution in [0, 0.1) is 6.54 Å². The number of nitrogens with zero attached hydrogens (tertiary/aromatic N) is 1. The van der Waals surface area contributed by atoms with Crippen LogP contribution in [-0.4, -0.2) is 7.05 Å². The fourth-order valence-electron chi connectivity index (χ4n) is 1.93. The maximum atomic E-state index is 2.30. The van der Waals surface area contributed by atoms with Crippen molar-refractivity contribution in [3.63, 3.8) is 0 Å². The van der Waals surface area contributed by atoms with E-state index in [4.69, 9.17) is 0 Å². The molecule has 1 radical (unpaired) electrons. The highest BCUT2D eigenvalue weighted by Gasteiger charge is 2.29. The molecule has 0 aromatic heterocycles. The molecule has 69 valence electrons. The third-order valence-electron chi connectivity index (χ3n) is 2.89. The summed E-state index contributed by atoms with van der Waals surface area (Å²) >= 11 is 0. The van der Waals surface area contributed by atoms with Gasteiger partial charge in [-0.05, 0) is 23.5 Å². The molecule has 0 amide bonds. The monoisotopic (exact) mass is 174 g/mol. The Kier molecular flexibility index (Phi) is 1.83. The van der Waals surface area contributed by atoms with Gasteiger partial charge in [-0.1, -0.05) is 32.0 Å². The fraction of sp³-hybridized carbons (Fsp3) is 0.417. The maximum absolute atomic E-state index is 2.30. The molecule has 1 aliphatic heterocycles. The molecular formula is C12H16N.